The van der Waals surface area contributed by atoms with Crippen molar-refractivity contribution in [3.05, 3.63) is 64.7 Å². The molecular weight excluding hydrogens is 310 g/mol. The maximum atomic E-state index is 10.5. The minimum atomic E-state index is -0.391. The van der Waals surface area contributed by atoms with Crippen LogP contribution in [0.4, 0.5) is 0 Å². The van der Waals surface area contributed by atoms with Crippen LogP contribution in [0.2, 0.25) is 5.02 Å². The van der Waals surface area contributed by atoms with Crippen LogP contribution in [0.3, 0.4) is 0 Å². The van der Waals surface area contributed by atoms with E-state index in [9.17, 15) is 10.2 Å². The van der Waals surface area contributed by atoms with Crippen molar-refractivity contribution < 1.29 is 10.2 Å². The normalized spacial score (nSPS) is 18.0. The number of aromatic hydroxyl groups is 1. The summed E-state index contributed by atoms with van der Waals surface area (Å²) in [7, 11) is 0. The van der Waals surface area contributed by atoms with Crippen LogP contribution in [0.25, 0.3) is 0 Å². The van der Waals surface area contributed by atoms with Gasteiger partial charge in [-0.25, -0.2) is 0 Å². The number of benzene rings is 2. The zero-order valence-corrected chi connectivity index (χ0v) is 13.8. The van der Waals surface area contributed by atoms with Crippen molar-refractivity contribution in [1.82, 2.24) is 4.90 Å². The van der Waals surface area contributed by atoms with Crippen molar-refractivity contribution in [2.45, 2.75) is 25.5 Å². The third-order valence-electron chi connectivity index (χ3n) is 4.68. The van der Waals surface area contributed by atoms with E-state index in [1.54, 1.807) is 6.07 Å². The van der Waals surface area contributed by atoms with Crippen molar-refractivity contribution in [2.75, 3.05) is 13.1 Å². The standard InChI is InChI=1S/C19H22ClNO2/c20-17-8-4-7-16(19(17)23)13-21-11-9-15(10-12-21)18(22)14-5-2-1-3-6-14/h1-8,15,18,22-23H,9-13H2. The molecule has 0 saturated carbocycles. The molecule has 2 N–H and O–H groups in total. The number of hydrogen-bond donors (Lipinski definition) is 2. The average molecular weight is 332 g/mol. The molecule has 23 heavy (non-hydrogen) atoms. The lowest BCUT2D eigenvalue weighted by Crippen LogP contribution is -2.35. The van der Waals surface area contributed by atoms with Crippen molar-refractivity contribution in [1.29, 1.82) is 0 Å². The molecule has 122 valence electrons. The first-order valence-corrected chi connectivity index (χ1v) is 8.44. The Morgan fingerprint density at radius 3 is 2.43 bits per heavy atom. The lowest BCUT2D eigenvalue weighted by atomic mass is 9.87. The fraction of sp³-hybridized carbons (Fsp3) is 0.368. The Bertz CT molecular complexity index is 639. The van der Waals surface area contributed by atoms with Gasteiger partial charge in [-0.15, -0.1) is 0 Å². The van der Waals surface area contributed by atoms with Crippen LogP contribution in [-0.2, 0) is 6.54 Å². The van der Waals surface area contributed by atoms with Gasteiger partial charge in [-0.05, 0) is 43.5 Å². The average Bonchev–Trinajstić information content (AvgIpc) is 2.60. The molecule has 1 aliphatic heterocycles. The van der Waals surface area contributed by atoms with E-state index in [-0.39, 0.29) is 5.75 Å². The molecule has 0 aromatic heterocycles. The van der Waals surface area contributed by atoms with Gasteiger partial charge in [0.15, 0.2) is 0 Å². The van der Waals surface area contributed by atoms with Gasteiger partial charge < -0.3 is 10.2 Å². The summed E-state index contributed by atoms with van der Waals surface area (Å²) in [4.78, 5) is 2.31. The highest BCUT2D eigenvalue weighted by Gasteiger charge is 2.26. The van der Waals surface area contributed by atoms with Crippen LogP contribution in [0.5, 0.6) is 5.75 Å². The Hall–Kier alpha value is -1.55. The molecule has 0 radical (unpaired) electrons. The van der Waals surface area contributed by atoms with Crippen LogP contribution < -0.4 is 0 Å². The molecule has 0 aliphatic carbocycles. The van der Waals surface area contributed by atoms with E-state index in [1.165, 1.54) is 0 Å². The second-order valence-corrected chi connectivity index (χ2v) is 6.62. The summed E-state index contributed by atoms with van der Waals surface area (Å²) >= 11 is 5.96. The summed E-state index contributed by atoms with van der Waals surface area (Å²) in [6, 6.07) is 15.3. The summed E-state index contributed by atoms with van der Waals surface area (Å²) in [5.41, 5.74) is 1.86. The number of likely N-dealkylation sites (tertiary alicyclic amines) is 1. The minimum absolute atomic E-state index is 0.181. The van der Waals surface area contributed by atoms with Crippen LogP contribution in [0.15, 0.2) is 48.5 Å². The van der Waals surface area contributed by atoms with Gasteiger partial charge in [-0.1, -0.05) is 54.1 Å². The zero-order valence-electron chi connectivity index (χ0n) is 13.0. The first-order valence-electron chi connectivity index (χ1n) is 8.07. The van der Waals surface area contributed by atoms with Crippen molar-refractivity contribution in [3.63, 3.8) is 0 Å². The predicted molar refractivity (Wildman–Crippen MR) is 92.5 cm³/mol. The molecule has 1 fully saturated rings. The lowest BCUT2D eigenvalue weighted by molar-refractivity contribution is 0.0565. The Balaban J connectivity index is 1.57. The van der Waals surface area contributed by atoms with E-state index in [0.717, 1.165) is 37.1 Å². The number of hydrogen-bond acceptors (Lipinski definition) is 3. The minimum Gasteiger partial charge on any atom is -0.506 e. The molecule has 1 heterocycles. The van der Waals surface area contributed by atoms with Gasteiger partial charge in [-0.2, -0.15) is 0 Å². The molecule has 1 saturated heterocycles. The Morgan fingerprint density at radius 2 is 1.74 bits per heavy atom. The first kappa shape index (κ1) is 16.3. The van der Waals surface area contributed by atoms with Crippen molar-refractivity contribution in [2.24, 2.45) is 5.92 Å². The molecule has 3 rings (SSSR count). The molecule has 2 aromatic carbocycles. The van der Waals surface area contributed by atoms with Crippen LogP contribution in [0, 0.1) is 5.92 Å². The lowest BCUT2D eigenvalue weighted by Gasteiger charge is -2.34. The number of aliphatic hydroxyl groups excluding tert-OH is 1. The highest BCUT2D eigenvalue weighted by molar-refractivity contribution is 6.32. The molecular formula is C19H22ClNO2. The van der Waals surface area contributed by atoms with E-state index in [4.69, 9.17) is 11.6 Å². The number of phenolic OH excluding ortho intramolecular Hbond substituents is 1. The van der Waals surface area contributed by atoms with Gasteiger partial charge in [0.25, 0.3) is 0 Å². The fourth-order valence-electron chi connectivity index (χ4n) is 3.28. The number of halogens is 1. The number of phenols is 1. The van der Waals surface area contributed by atoms with E-state index in [0.29, 0.717) is 17.5 Å². The number of nitrogens with zero attached hydrogens (tertiary/aromatic N) is 1. The monoisotopic (exact) mass is 331 g/mol. The number of para-hydroxylation sites is 1. The molecule has 1 aliphatic rings. The second kappa shape index (κ2) is 7.35. The highest BCUT2D eigenvalue weighted by atomic mass is 35.5. The molecule has 4 heteroatoms. The second-order valence-electron chi connectivity index (χ2n) is 6.22. The summed E-state index contributed by atoms with van der Waals surface area (Å²) < 4.78 is 0. The topological polar surface area (TPSA) is 43.7 Å². The Labute approximate surface area is 142 Å². The quantitative estimate of drug-likeness (QED) is 0.890. The molecule has 2 aromatic rings. The smallest absolute Gasteiger partial charge is 0.138 e. The molecule has 1 unspecified atom stereocenters. The van der Waals surface area contributed by atoms with Crippen molar-refractivity contribution in [3.8, 4) is 5.75 Å². The molecule has 0 amide bonds. The number of piperidine rings is 1. The van der Waals surface area contributed by atoms with Gasteiger partial charge in [0.2, 0.25) is 0 Å². The van der Waals surface area contributed by atoms with Crippen LogP contribution in [0.1, 0.15) is 30.1 Å². The van der Waals surface area contributed by atoms with E-state index in [1.807, 2.05) is 42.5 Å². The van der Waals surface area contributed by atoms with Gasteiger partial charge in [0, 0.05) is 12.1 Å². The fourth-order valence-corrected chi connectivity index (χ4v) is 3.47. The van der Waals surface area contributed by atoms with Crippen molar-refractivity contribution >= 4 is 11.6 Å². The van der Waals surface area contributed by atoms with E-state index < -0.39 is 6.10 Å². The van der Waals surface area contributed by atoms with E-state index >= 15 is 0 Å². The maximum Gasteiger partial charge on any atom is 0.138 e. The summed E-state index contributed by atoms with van der Waals surface area (Å²) in [5, 5.41) is 20.9. The molecule has 1 atom stereocenters. The van der Waals surface area contributed by atoms with Gasteiger partial charge in [0.05, 0.1) is 11.1 Å². The third-order valence-corrected chi connectivity index (χ3v) is 4.99. The van der Waals surface area contributed by atoms with Gasteiger partial charge in [-0.3, -0.25) is 4.90 Å². The molecule has 0 spiro atoms. The third kappa shape index (κ3) is 3.86. The van der Waals surface area contributed by atoms with E-state index in [2.05, 4.69) is 4.90 Å². The number of aliphatic hydroxyl groups is 1. The Morgan fingerprint density at radius 1 is 1.04 bits per heavy atom. The Kier molecular flexibility index (Phi) is 5.21. The first-order chi connectivity index (χ1) is 11.1. The molecule has 0 bridgehead atoms. The van der Waals surface area contributed by atoms with Gasteiger partial charge >= 0.3 is 0 Å². The van der Waals surface area contributed by atoms with Crippen LogP contribution in [-0.4, -0.2) is 28.2 Å². The largest absolute Gasteiger partial charge is 0.506 e. The summed E-state index contributed by atoms with van der Waals surface area (Å²) in [6.45, 7) is 2.53. The van der Waals surface area contributed by atoms with Gasteiger partial charge in [0.1, 0.15) is 5.75 Å². The molecule has 3 nitrogen and oxygen atoms in total. The highest BCUT2D eigenvalue weighted by Crippen LogP contribution is 2.33. The predicted octanol–water partition coefficient (Wildman–Crippen LogP) is 3.99. The maximum absolute atomic E-state index is 10.5. The number of rotatable bonds is 4. The zero-order chi connectivity index (χ0) is 16.2. The summed E-state index contributed by atoms with van der Waals surface area (Å²) in [6.07, 6.45) is 1.52. The summed E-state index contributed by atoms with van der Waals surface area (Å²) in [5.74, 6) is 0.474. The van der Waals surface area contributed by atoms with Crippen LogP contribution >= 0.6 is 11.6 Å². The SMILES string of the molecule is Oc1c(Cl)cccc1CN1CCC(C(O)c2ccccc2)CC1.